The quantitative estimate of drug-likeness (QED) is 0.0703. The van der Waals surface area contributed by atoms with Crippen molar-refractivity contribution in [3.8, 4) is 22.6 Å². The molecule has 0 radical (unpaired) electrons. The molecule has 0 spiro atoms. The van der Waals surface area contributed by atoms with Crippen LogP contribution in [0.15, 0.2) is 303 Å². The molecule has 6 heteroatoms. The normalized spacial score (nSPS) is 12.0. The van der Waals surface area contributed by atoms with E-state index >= 15 is 9.13 Å². The van der Waals surface area contributed by atoms with Gasteiger partial charge in [0.15, 0.2) is 0 Å². The summed E-state index contributed by atoms with van der Waals surface area (Å²) in [5.41, 5.74) is 10.6. The minimum atomic E-state index is -3.42. The Labute approximate surface area is 494 Å². The number of benzene rings is 12. The van der Waals surface area contributed by atoms with E-state index in [1.165, 1.54) is 0 Å². The third-order valence-electron chi connectivity index (χ3n) is 17.0. The molecule has 0 saturated carbocycles. The summed E-state index contributed by atoms with van der Waals surface area (Å²) in [4.78, 5) is 0. The summed E-state index contributed by atoms with van der Waals surface area (Å²) in [6, 6.07) is 103. The predicted molar refractivity (Wildman–Crippen MR) is 351 cm³/mol. The van der Waals surface area contributed by atoms with Gasteiger partial charge < -0.3 is 19.3 Å². The van der Waals surface area contributed by atoms with Crippen molar-refractivity contribution in [2.24, 2.45) is 0 Å². The topological polar surface area (TPSA) is 74.6 Å². The van der Waals surface area contributed by atoms with Gasteiger partial charge in [0, 0.05) is 82.9 Å². The number of hydrogen-bond donors (Lipinski definition) is 2. The van der Waals surface area contributed by atoms with Crippen LogP contribution in [0.4, 0.5) is 0 Å². The zero-order valence-electron chi connectivity index (χ0n) is 47.0. The zero-order chi connectivity index (χ0) is 57.3. The van der Waals surface area contributed by atoms with Crippen LogP contribution in [0.25, 0.3) is 32.7 Å². The molecule has 4 nitrogen and oxygen atoms in total. The molecule has 12 aromatic carbocycles. The van der Waals surface area contributed by atoms with E-state index in [9.17, 15) is 10.2 Å². The molecule has 0 atom stereocenters. The first kappa shape index (κ1) is 55.7. The molecule has 0 aliphatic rings. The molecule has 0 aliphatic carbocycles. The van der Waals surface area contributed by atoms with Crippen molar-refractivity contribution in [3.63, 3.8) is 0 Å². The molecule has 0 saturated heterocycles. The molecule has 0 unspecified atom stereocenters. The number of phenolic OH excluding ortho intramolecular Hbond substituents is 2. The lowest BCUT2D eigenvalue weighted by Crippen LogP contribution is -2.15. The van der Waals surface area contributed by atoms with Crippen molar-refractivity contribution < 1.29 is 19.3 Å². The van der Waals surface area contributed by atoms with E-state index in [1.807, 2.05) is 206 Å². The Kier molecular flexibility index (Phi) is 16.8. The minimum absolute atomic E-state index is 0.0249. The van der Waals surface area contributed by atoms with Crippen molar-refractivity contribution >= 4 is 35.8 Å². The second kappa shape index (κ2) is 25.4. The summed E-state index contributed by atoms with van der Waals surface area (Å²) in [6.07, 6.45) is 1.57. The van der Waals surface area contributed by atoms with Crippen LogP contribution in [0, 0.1) is 0 Å². The molecule has 0 aromatic heterocycles. The van der Waals surface area contributed by atoms with Crippen LogP contribution in [0.5, 0.6) is 11.5 Å². The molecule has 0 heterocycles. The van der Waals surface area contributed by atoms with Crippen LogP contribution in [0.2, 0.25) is 0 Å². The zero-order valence-corrected chi connectivity index (χ0v) is 48.8. The highest BCUT2D eigenvalue weighted by molar-refractivity contribution is 7.63. The van der Waals surface area contributed by atoms with Crippen molar-refractivity contribution in [2.75, 3.05) is 24.6 Å². The van der Waals surface area contributed by atoms with Crippen LogP contribution in [-0.4, -0.2) is 34.9 Å². The lowest BCUT2D eigenvalue weighted by molar-refractivity contribution is 0.465. The van der Waals surface area contributed by atoms with Crippen molar-refractivity contribution in [3.05, 3.63) is 359 Å². The largest absolute Gasteiger partial charge is 0.507 e. The maximum Gasteiger partial charge on any atom is 0.127 e. The van der Waals surface area contributed by atoms with Gasteiger partial charge in [-0.1, -0.05) is 291 Å². The third kappa shape index (κ3) is 12.4. The van der Waals surface area contributed by atoms with E-state index in [2.05, 4.69) is 97.1 Å². The summed E-state index contributed by atoms with van der Waals surface area (Å²) in [5, 5.41) is 30.2. The second-order valence-corrected chi connectivity index (χ2v) is 28.9. The SMILES string of the molecule is O=P(Cc1cc2ccccc2c(-c2c(O)c(CP(=O)(CC(c3ccccc3)c3ccccc3)CC(c3ccccc3)c3ccccc3)cc3ccccc23)c1O)(CC(c1ccccc1)c1ccccc1)CC(c1ccccc1)c1ccccc1. The monoisotopic (exact) mass is 1130 g/mol. The summed E-state index contributed by atoms with van der Waals surface area (Å²) in [7, 11) is -6.84. The fraction of sp³-hybridized carbons (Fsp3) is 0.128. The lowest BCUT2D eigenvalue weighted by atomic mass is 9.89. The summed E-state index contributed by atoms with van der Waals surface area (Å²) in [5.74, 6) is -0.885. The van der Waals surface area contributed by atoms with Gasteiger partial charge in [-0.15, -0.1) is 0 Å². The van der Waals surface area contributed by atoms with Crippen LogP contribution >= 0.6 is 14.3 Å². The molecular formula is C78H68O4P2. The van der Waals surface area contributed by atoms with Crippen molar-refractivity contribution in [2.45, 2.75) is 36.0 Å². The second-order valence-electron chi connectivity index (χ2n) is 22.6. The summed E-state index contributed by atoms with van der Waals surface area (Å²) >= 11 is 0. The fourth-order valence-corrected chi connectivity index (χ4v) is 19.9. The number of aromatic hydroxyl groups is 2. The van der Waals surface area contributed by atoms with Gasteiger partial charge in [-0.05, 0) is 78.2 Å². The van der Waals surface area contributed by atoms with Gasteiger partial charge in [0.1, 0.15) is 11.5 Å². The molecule has 0 amide bonds. The Morgan fingerprint density at radius 1 is 0.262 bits per heavy atom. The van der Waals surface area contributed by atoms with Crippen LogP contribution in [0.3, 0.4) is 0 Å². The summed E-state index contributed by atoms with van der Waals surface area (Å²) in [6.45, 7) is 0. The molecule has 12 rings (SSSR count). The number of rotatable bonds is 21. The Morgan fingerprint density at radius 3 is 0.667 bits per heavy atom. The van der Waals surface area contributed by atoms with Gasteiger partial charge in [0.05, 0.1) is 14.3 Å². The Morgan fingerprint density at radius 2 is 0.452 bits per heavy atom. The van der Waals surface area contributed by atoms with E-state index in [0.717, 1.165) is 66.1 Å². The number of phenols is 2. The van der Waals surface area contributed by atoms with Gasteiger partial charge in [-0.3, -0.25) is 0 Å². The maximum atomic E-state index is 17.1. The molecule has 414 valence electrons. The minimum Gasteiger partial charge on any atom is -0.507 e. The van der Waals surface area contributed by atoms with Gasteiger partial charge in [0.2, 0.25) is 0 Å². The number of fused-ring (bicyclic) bond motifs is 2. The van der Waals surface area contributed by atoms with Gasteiger partial charge in [-0.25, -0.2) is 0 Å². The average molecular weight is 1130 g/mol. The van der Waals surface area contributed by atoms with E-state index < -0.39 is 14.3 Å². The fourth-order valence-electron chi connectivity index (χ4n) is 13.0. The van der Waals surface area contributed by atoms with Crippen molar-refractivity contribution in [1.82, 2.24) is 0 Å². The third-order valence-corrected chi connectivity index (χ3v) is 23.0. The van der Waals surface area contributed by atoms with E-state index in [0.29, 0.717) is 46.9 Å². The van der Waals surface area contributed by atoms with Crippen LogP contribution in [0.1, 0.15) is 79.3 Å². The number of hydrogen-bond acceptors (Lipinski definition) is 4. The first-order valence-electron chi connectivity index (χ1n) is 29.2. The standard InChI is InChI=1S/C78H68O4P2/c79-77-67(51-83(81,53-71(57-29-9-1-10-30-57)58-31-11-2-12-32-58)54-72(59-33-13-3-14-34-59)60-35-15-4-16-36-60)49-65-45-25-27-47-69(65)75(77)76-70-48-28-26-46-66(70)50-68(78(76)80)52-84(82,55-73(61-37-17-5-18-38-61)62-39-19-6-20-40-62)56-74(63-41-21-7-22-42-63)64-43-23-8-24-44-64/h1-50,71-74,79-80H,51-56H2. The first-order valence-corrected chi connectivity index (χ1v) is 33.7. The van der Waals surface area contributed by atoms with E-state index in [1.54, 1.807) is 0 Å². The lowest BCUT2D eigenvalue weighted by Gasteiger charge is -2.30. The molecule has 2 N–H and O–H groups in total. The molecule has 84 heavy (non-hydrogen) atoms. The Bertz CT molecular complexity index is 3610. The smallest absolute Gasteiger partial charge is 0.127 e. The Hall–Kier alpha value is -8.78. The first-order chi connectivity index (χ1) is 41.2. The highest BCUT2D eigenvalue weighted by Gasteiger charge is 2.37. The van der Waals surface area contributed by atoms with Gasteiger partial charge in [0.25, 0.3) is 0 Å². The average Bonchev–Trinajstić information content (AvgIpc) is 1.22. The maximum absolute atomic E-state index is 17.1. The van der Waals surface area contributed by atoms with Crippen molar-refractivity contribution in [1.29, 1.82) is 0 Å². The molecule has 0 fully saturated rings. The highest BCUT2D eigenvalue weighted by Crippen LogP contribution is 2.61. The molecule has 0 aliphatic heterocycles. The molecular weight excluding hydrogens is 1060 g/mol. The van der Waals surface area contributed by atoms with E-state index in [-0.39, 0.29) is 47.5 Å². The predicted octanol–water partition coefficient (Wildman–Crippen LogP) is 20.1. The molecule has 12 aromatic rings. The van der Waals surface area contributed by atoms with Gasteiger partial charge >= 0.3 is 0 Å². The van der Waals surface area contributed by atoms with E-state index in [4.69, 9.17) is 0 Å². The Balaban J connectivity index is 1.03. The summed E-state index contributed by atoms with van der Waals surface area (Å²) < 4.78 is 34.2. The van der Waals surface area contributed by atoms with Gasteiger partial charge in [-0.2, -0.15) is 0 Å². The molecule has 0 bridgehead atoms. The highest BCUT2D eigenvalue weighted by atomic mass is 31.2. The van der Waals surface area contributed by atoms with Crippen LogP contribution in [-0.2, 0) is 21.5 Å². The van der Waals surface area contributed by atoms with Crippen LogP contribution < -0.4 is 0 Å².